The van der Waals surface area contributed by atoms with E-state index in [4.69, 9.17) is 39.8 Å². The van der Waals surface area contributed by atoms with Crippen molar-refractivity contribution in [2.24, 2.45) is 0 Å². The maximum Gasteiger partial charge on any atom is 0.250 e. The summed E-state index contributed by atoms with van der Waals surface area (Å²) in [6.07, 6.45) is 2.89. The summed E-state index contributed by atoms with van der Waals surface area (Å²) >= 11 is 17.5. The van der Waals surface area contributed by atoms with Gasteiger partial charge in [-0.2, -0.15) is 0 Å². The van der Waals surface area contributed by atoms with Crippen LogP contribution in [0.2, 0.25) is 10.0 Å². The lowest BCUT2D eigenvalue weighted by atomic mass is 10.2. The van der Waals surface area contributed by atoms with Crippen molar-refractivity contribution in [1.29, 1.82) is 0 Å². The summed E-state index contributed by atoms with van der Waals surface area (Å²) in [7, 11) is 0. The number of nitrogens with one attached hydrogen (secondary N) is 2. The Bertz CT molecular complexity index is 1320. The highest BCUT2D eigenvalue weighted by atomic mass is 35.5. The monoisotopic (exact) mass is 542 g/mol. The number of amides is 2. The van der Waals surface area contributed by atoms with Gasteiger partial charge in [-0.25, -0.2) is 0 Å². The van der Waals surface area contributed by atoms with Crippen LogP contribution in [0.3, 0.4) is 0 Å². The normalized spacial score (nSPS) is 13.6. The minimum atomic E-state index is -0.400. The molecular weight excluding hydrogens is 519 g/mol. The number of halogens is 2. The first-order chi connectivity index (χ1) is 17.3. The molecule has 0 aliphatic carbocycles. The highest BCUT2D eigenvalue weighted by Crippen LogP contribution is 2.32. The fraction of sp³-hybridized carbons (Fsp3) is 0.192. The van der Waals surface area contributed by atoms with Gasteiger partial charge in [0.15, 0.2) is 5.11 Å². The van der Waals surface area contributed by atoms with Crippen LogP contribution in [0.5, 0.6) is 0 Å². The molecule has 36 heavy (non-hydrogen) atoms. The van der Waals surface area contributed by atoms with E-state index >= 15 is 0 Å². The molecule has 3 aromatic rings. The van der Waals surface area contributed by atoms with Gasteiger partial charge in [-0.15, -0.1) is 0 Å². The van der Waals surface area contributed by atoms with Gasteiger partial charge in [-0.3, -0.25) is 14.9 Å². The third-order valence-electron chi connectivity index (χ3n) is 5.68. The second-order valence-electron chi connectivity index (χ2n) is 8.11. The van der Waals surface area contributed by atoms with Crippen LogP contribution >= 0.6 is 35.4 Å². The molecule has 2 amide bonds. The Morgan fingerprint density at radius 3 is 2.50 bits per heavy atom. The molecule has 1 saturated heterocycles. The van der Waals surface area contributed by atoms with Crippen molar-refractivity contribution in [2.45, 2.75) is 6.92 Å². The summed E-state index contributed by atoms with van der Waals surface area (Å²) in [4.78, 5) is 28.0. The highest BCUT2D eigenvalue weighted by Gasteiger charge is 2.20. The van der Waals surface area contributed by atoms with Gasteiger partial charge in [0.25, 0.3) is 0 Å². The minimum absolute atomic E-state index is 0.0811. The summed E-state index contributed by atoms with van der Waals surface area (Å²) in [5, 5.41) is 6.94. The average Bonchev–Trinajstić information content (AvgIpc) is 3.32. The first-order valence-electron chi connectivity index (χ1n) is 11.2. The lowest BCUT2D eigenvalue weighted by Gasteiger charge is -2.36. The number of hydrogen-bond acceptors (Lipinski definition) is 5. The minimum Gasteiger partial charge on any atom is -0.457 e. The number of benzene rings is 2. The number of anilines is 2. The standard InChI is InChI=1S/C26H24Cl2N4O3S/c1-17(33)31-12-14-32(15-13-31)23-5-3-2-4-22(23)29-26(36)30-25(34)11-8-19-7-10-24(35-19)20-9-6-18(27)16-21(20)28/h2-11,16H,12-15H2,1H3,(H2,29,30,34,36)/b11-8+. The molecule has 1 aliphatic heterocycles. The third kappa shape index (κ3) is 6.46. The second kappa shape index (κ2) is 11.6. The zero-order chi connectivity index (χ0) is 25.7. The summed E-state index contributed by atoms with van der Waals surface area (Å²) in [6, 6.07) is 16.4. The zero-order valence-electron chi connectivity index (χ0n) is 19.5. The molecular formula is C26H24Cl2N4O3S. The highest BCUT2D eigenvalue weighted by molar-refractivity contribution is 7.80. The molecule has 186 valence electrons. The van der Waals surface area contributed by atoms with Crippen molar-refractivity contribution in [1.82, 2.24) is 10.2 Å². The van der Waals surface area contributed by atoms with E-state index in [9.17, 15) is 9.59 Å². The first-order valence-corrected chi connectivity index (χ1v) is 12.4. The number of para-hydroxylation sites is 2. The van der Waals surface area contributed by atoms with Gasteiger partial charge in [0, 0.05) is 49.8 Å². The van der Waals surface area contributed by atoms with Crippen LogP contribution in [0, 0.1) is 0 Å². The Morgan fingerprint density at radius 1 is 1.03 bits per heavy atom. The maximum absolute atomic E-state index is 12.4. The predicted octanol–water partition coefficient (Wildman–Crippen LogP) is 5.45. The Labute approximate surface area is 224 Å². The van der Waals surface area contributed by atoms with Crippen molar-refractivity contribution in [3.8, 4) is 11.3 Å². The molecule has 0 unspecified atom stereocenters. The van der Waals surface area contributed by atoms with Crippen LogP contribution in [0.25, 0.3) is 17.4 Å². The summed E-state index contributed by atoms with van der Waals surface area (Å²) < 4.78 is 5.77. The van der Waals surface area contributed by atoms with Crippen LogP contribution in [0.15, 0.2) is 65.1 Å². The van der Waals surface area contributed by atoms with E-state index < -0.39 is 5.91 Å². The molecule has 0 atom stereocenters. The summed E-state index contributed by atoms with van der Waals surface area (Å²) in [6.45, 7) is 4.34. The first kappa shape index (κ1) is 25.8. The van der Waals surface area contributed by atoms with E-state index in [1.165, 1.54) is 6.08 Å². The van der Waals surface area contributed by atoms with Gasteiger partial charge in [0.2, 0.25) is 11.8 Å². The molecule has 1 fully saturated rings. The number of rotatable bonds is 5. The van der Waals surface area contributed by atoms with E-state index in [0.717, 1.165) is 11.4 Å². The van der Waals surface area contributed by atoms with Gasteiger partial charge >= 0.3 is 0 Å². The quantitative estimate of drug-likeness (QED) is 0.329. The van der Waals surface area contributed by atoms with E-state index in [1.54, 1.807) is 43.3 Å². The lowest BCUT2D eigenvalue weighted by molar-refractivity contribution is -0.129. The lowest BCUT2D eigenvalue weighted by Crippen LogP contribution is -2.48. The Kier molecular flexibility index (Phi) is 8.30. The number of thiocarbonyl (C=S) groups is 1. The Morgan fingerprint density at radius 2 is 1.78 bits per heavy atom. The van der Waals surface area contributed by atoms with Gasteiger partial charge in [0.05, 0.1) is 16.4 Å². The van der Waals surface area contributed by atoms with Gasteiger partial charge in [-0.05, 0) is 60.8 Å². The molecule has 0 spiro atoms. The van der Waals surface area contributed by atoms with Gasteiger partial charge in [-0.1, -0.05) is 35.3 Å². The van der Waals surface area contributed by atoms with E-state index in [-0.39, 0.29) is 11.0 Å². The molecule has 0 saturated carbocycles. The van der Waals surface area contributed by atoms with Crippen LogP contribution in [0.1, 0.15) is 12.7 Å². The topological polar surface area (TPSA) is 77.8 Å². The Hall–Kier alpha value is -3.33. The van der Waals surface area contributed by atoms with Crippen LogP contribution in [0.4, 0.5) is 11.4 Å². The largest absolute Gasteiger partial charge is 0.457 e. The summed E-state index contributed by atoms with van der Waals surface area (Å²) in [5.41, 5.74) is 2.44. The SMILES string of the molecule is CC(=O)N1CCN(c2ccccc2NC(=S)NC(=O)/C=C/c2ccc(-c3ccc(Cl)cc3Cl)o2)CC1. The van der Waals surface area contributed by atoms with Crippen molar-refractivity contribution in [3.63, 3.8) is 0 Å². The molecule has 4 rings (SSSR count). The van der Waals surface area contributed by atoms with E-state index in [0.29, 0.717) is 53.3 Å². The fourth-order valence-electron chi connectivity index (χ4n) is 3.86. The second-order valence-corrected chi connectivity index (χ2v) is 9.37. The van der Waals surface area contributed by atoms with Crippen LogP contribution in [-0.4, -0.2) is 48.0 Å². The Balaban J connectivity index is 1.34. The zero-order valence-corrected chi connectivity index (χ0v) is 21.8. The number of carbonyl (C=O) groups is 2. The number of carbonyl (C=O) groups excluding carboxylic acids is 2. The average molecular weight is 543 g/mol. The van der Waals surface area contributed by atoms with Gasteiger partial charge in [0.1, 0.15) is 11.5 Å². The molecule has 1 aromatic heterocycles. The third-order valence-corrected chi connectivity index (χ3v) is 6.43. The molecule has 2 N–H and O–H groups in total. The number of furan rings is 1. The van der Waals surface area contributed by atoms with Crippen LogP contribution in [-0.2, 0) is 9.59 Å². The number of hydrogen-bond donors (Lipinski definition) is 2. The van der Waals surface area contributed by atoms with Crippen molar-refractivity contribution in [2.75, 3.05) is 36.4 Å². The van der Waals surface area contributed by atoms with Gasteiger partial charge < -0.3 is 19.5 Å². The summed E-state index contributed by atoms with van der Waals surface area (Å²) in [5.74, 6) is 0.731. The van der Waals surface area contributed by atoms with Crippen molar-refractivity contribution < 1.29 is 14.0 Å². The molecule has 2 aromatic carbocycles. The van der Waals surface area contributed by atoms with E-state index in [2.05, 4.69) is 15.5 Å². The molecule has 7 nitrogen and oxygen atoms in total. The predicted molar refractivity (Wildman–Crippen MR) is 148 cm³/mol. The number of nitrogens with zero attached hydrogens (tertiary/aromatic N) is 2. The molecule has 10 heteroatoms. The number of piperazine rings is 1. The smallest absolute Gasteiger partial charge is 0.250 e. The molecule has 0 bridgehead atoms. The molecule has 0 radical (unpaired) electrons. The van der Waals surface area contributed by atoms with E-state index in [1.807, 2.05) is 29.2 Å². The fourth-order valence-corrected chi connectivity index (χ4v) is 4.57. The molecule has 2 heterocycles. The van der Waals surface area contributed by atoms with Crippen molar-refractivity contribution in [3.05, 3.63) is 76.5 Å². The molecule has 1 aliphatic rings. The maximum atomic E-state index is 12.4. The van der Waals surface area contributed by atoms with Crippen LogP contribution < -0.4 is 15.5 Å². The van der Waals surface area contributed by atoms with Crippen molar-refractivity contribution >= 4 is 69.8 Å².